The Morgan fingerprint density at radius 1 is 1.35 bits per heavy atom. The lowest BCUT2D eigenvalue weighted by atomic mass is 10.2. The van der Waals surface area contributed by atoms with Crippen LogP contribution in [0.1, 0.15) is 40.5 Å². The highest BCUT2D eigenvalue weighted by Crippen LogP contribution is 2.40. The Balaban J connectivity index is 1.76. The molecule has 2 heterocycles. The van der Waals surface area contributed by atoms with Gasteiger partial charge in [-0.25, -0.2) is 9.97 Å². The zero-order chi connectivity index (χ0) is 14.1. The molecule has 0 aliphatic heterocycles. The third-order valence-corrected chi connectivity index (χ3v) is 3.99. The van der Waals surface area contributed by atoms with E-state index < -0.39 is 0 Å². The molecule has 2 N–H and O–H groups in total. The third kappa shape index (κ3) is 2.80. The fourth-order valence-corrected chi connectivity index (χ4v) is 2.79. The largest absolute Gasteiger partial charge is 0.373 e. The zero-order valence-corrected chi connectivity index (χ0v) is 12.3. The minimum Gasteiger partial charge on any atom is -0.373 e. The minimum absolute atomic E-state index is 0.149. The molecule has 0 atom stereocenters. The van der Waals surface area contributed by atoms with Crippen molar-refractivity contribution < 1.29 is 4.79 Å². The van der Waals surface area contributed by atoms with Crippen LogP contribution in [0.5, 0.6) is 0 Å². The summed E-state index contributed by atoms with van der Waals surface area (Å²) in [5, 5.41) is 8.50. The van der Waals surface area contributed by atoms with E-state index in [0.29, 0.717) is 22.4 Å². The van der Waals surface area contributed by atoms with Gasteiger partial charge in [0.25, 0.3) is 5.91 Å². The number of carbonyl (C=O) groups excluding carboxylic acids is 1. The monoisotopic (exact) mass is 288 g/mol. The van der Waals surface area contributed by atoms with Crippen molar-refractivity contribution in [3.8, 4) is 0 Å². The maximum Gasteiger partial charge on any atom is 0.257 e. The van der Waals surface area contributed by atoms with Crippen molar-refractivity contribution in [3.63, 3.8) is 0 Å². The first-order valence-corrected chi connectivity index (χ1v) is 7.47. The van der Waals surface area contributed by atoms with Crippen molar-refractivity contribution in [2.75, 3.05) is 17.7 Å². The van der Waals surface area contributed by atoms with Gasteiger partial charge in [0.05, 0.1) is 5.69 Å². The van der Waals surface area contributed by atoms with Gasteiger partial charge < -0.3 is 5.32 Å². The van der Waals surface area contributed by atoms with Gasteiger partial charge in [-0.1, -0.05) is 0 Å². The van der Waals surface area contributed by atoms with E-state index in [0.717, 1.165) is 11.4 Å². The van der Waals surface area contributed by atoms with E-state index in [2.05, 4.69) is 20.6 Å². The van der Waals surface area contributed by atoms with E-state index in [1.165, 1.54) is 24.2 Å². The molecule has 2 aromatic heterocycles. The predicted molar refractivity (Wildman–Crippen MR) is 80.6 cm³/mol. The molecule has 0 spiro atoms. The lowest BCUT2D eigenvalue weighted by Crippen LogP contribution is -2.13. The molecule has 0 bridgehead atoms. The van der Waals surface area contributed by atoms with Crippen LogP contribution < -0.4 is 10.6 Å². The van der Waals surface area contributed by atoms with Gasteiger partial charge in [-0.3, -0.25) is 10.1 Å². The number of amides is 1. The number of thiazole rings is 1. The molecule has 6 heteroatoms. The van der Waals surface area contributed by atoms with E-state index >= 15 is 0 Å². The Hall–Kier alpha value is -1.95. The topological polar surface area (TPSA) is 66.9 Å². The van der Waals surface area contributed by atoms with E-state index in [-0.39, 0.29) is 5.91 Å². The molecule has 2 aromatic rings. The molecule has 0 unspecified atom stereocenters. The first-order chi connectivity index (χ1) is 9.65. The maximum absolute atomic E-state index is 12.2. The quantitative estimate of drug-likeness (QED) is 0.907. The summed E-state index contributed by atoms with van der Waals surface area (Å²) in [5.41, 5.74) is 2.50. The van der Waals surface area contributed by atoms with E-state index in [1.807, 2.05) is 12.3 Å². The van der Waals surface area contributed by atoms with Crippen LogP contribution in [0, 0.1) is 6.92 Å². The van der Waals surface area contributed by atoms with Gasteiger partial charge in [0.1, 0.15) is 5.82 Å². The first-order valence-electron chi connectivity index (χ1n) is 6.59. The molecule has 1 aliphatic rings. The fourth-order valence-electron chi connectivity index (χ4n) is 2.01. The fraction of sp³-hybridized carbons (Fsp3) is 0.357. The number of pyridine rings is 1. The molecule has 1 aliphatic carbocycles. The second-order valence-corrected chi connectivity index (χ2v) is 5.80. The molecule has 104 valence electrons. The summed E-state index contributed by atoms with van der Waals surface area (Å²) in [7, 11) is 1.78. The summed E-state index contributed by atoms with van der Waals surface area (Å²) >= 11 is 1.48. The van der Waals surface area contributed by atoms with Crippen LogP contribution in [0.4, 0.5) is 10.9 Å². The zero-order valence-electron chi connectivity index (χ0n) is 11.4. The van der Waals surface area contributed by atoms with Crippen molar-refractivity contribution in [2.45, 2.75) is 25.7 Å². The van der Waals surface area contributed by atoms with Gasteiger partial charge in [-0.2, -0.15) is 0 Å². The highest BCUT2D eigenvalue weighted by molar-refractivity contribution is 7.14. The SMILES string of the molecule is CNc1cc(C(=O)Nc2nc(C3CC3)cs2)cc(C)n1. The number of aromatic nitrogens is 2. The van der Waals surface area contributed by atoms with Crippen LogP contribution in [0.25, 0.3) is 0 Å². The number of hydrogen-bond acceptors (Lipinski definition) is 5. The van der Waals surface area contributed by atoms with Crippen LogP contribution in [-0.2, 0) is 0 Å². The van der Waals surface area contributed by atoms with Gasteiger partial charge in [0.2, 0.25) is 0 Å². The number of rotatable bonds is 4. The average molecular weight is 288 g/mol. The predicted octanol–water partition coefficient (Wildman–Crippen LogP) is 3.02. The molecule has 0 aromatic carbocycles. The molecule has 1 saturated carbocycles. The smallest absolute Gasteiger partial charge is 0.257 e. The second kappa shape index (κ2) is 5.20. The molecule has 20 heavy (non-hydrogen) atoms. The number of carbonyl (C=O) groups is 1. The van der Waals surface area contributed by atoms with Gasteiger partial charge in [-0.15, -0.1) is 11.3 Å². The Morgan fingerprint density at radius 3 is 2.85 bits per heavy atom. The van der Waals surface area contributed by atoms with Gasteiger partial charge in [0.15, 0.2) is 5.13 Å². The van der Waals surface area contributed by atoms with Crippen molar-refractivity contribution in [1.82, 2.24) is 9.97 Å². The normalized spacial score (nSPS) is 14.1. The highest BCUT2D eigenvalue weighted by Gasteiger charge is 2.26. The lowest BCUT2D eigenvalue weighted by molar-refractivity contribution is 0.102. The Morgan fingerprint density at radius 2 is 2.15 bits per heavy atom. The maximum atomic E-state index is 12.2. The molecule has 1 amide bonds. The van der Waals surface area contributed by atoms with Crippen molar-refractivity contribution >= 4 is 28.2 Å². The lowest BCUT2D eigenvalue weighted by Gasteiger charge is -2.06. The van der Waals surface area contributed by atoms with Crippen molar-refractivity contribution in [2.24, 2.45) is 0 Å². The van der Waals surface area contributed by atoms with Gasteiger partial charge in [0, 0.05) is 29.6 Å². The van der Waals surface area contributed by atoms with Crippen LogP contribution >= 0.6 is 11.3 Å². The average Bonchev–Trinajstić information content (AvgIpc) is 3.19. The molecule has 0 radical (unpaired) electrons. The summed E-state index contributed by atoms with van der Waals surface area (Å²) in [6.45, 7) is 1.87. The number of hydrogen-bond donors (Lipinski definition) is 2. The number of nitrogens with one attached hydrogen (secondary N) is 2. The van der Waals surface area contributed by atoms with Crippen LogP contribution in [0.15, 0.2) is 17.5 Å². The van der Waals surface area contributed by atoms with Crippen molar-refractivity contribution in [1.29, 1.82) is 0 Å². The van der Waals surface area contributed by atoms with Crippen LogP contribution in [0.3, 0.4) is 0 Å². The third-order valence-electron chi connectivity index (χ3n) is 3.21. The number of nitrogens with zero attached hydrogens (tertiary/aromatic N) is 2. The molecule has 5 nitrogen and oxygen atoms in total. The second-order valence-electron chi connectivity index (χ2n) is 4.94. The summed E-state index contributed by atoms with van der Waals surface area (Å²) in [6, 6.07) is 3.50. The summed E-state index contributed by atoms with van der Waals surface area (Å²) in [4.78, 5) is 21.0. The first kappa shape index (κ1) is 13.1. The van der Waals surface area contributed by atoms with E-state index in [9.17, 15) is 4.79 Å². The number of aryl methyl sites for hydroxylation is 1. The van der Waals surface area contributed by atoms with Crippen molar-refractivity contribution in [3.05, 3.63) is 34.5 Å². The Kier molecular flexibility index (Phi) is 3.40. The molecule has 0 saturated heterocycles. The summed E-state index contributed by atoms with van der Waals surface area (Å²) in [6.07, 6.45) is 2.43. The summed E-state index contributed by atoms with van der Waals surface area (Å²) < 4.78 is 0. The van der Waals surface area contributed by atoms with Gasteiger partial charge >= 0.3 is 0 Å². The summed E-state index contributed by atoms with van der Waals surface area (Å²) in [5.74, 6) is 1.15. The van der Waals surface area contributed by atoms with Gasteiger partial charge in [-0.05, 0) is 31.9 Å². The Bertz CT molecular complexity index is 648. The number of anilines is 2. The minimum atomic E-state index is -0.149. The van der Waals surface area contributed by atoms with Crippen LogP contribution in [-0.4, -0.2) is 22.9 Å². The highest BCUT2D eigenvalue weighted by atomic mass is 32.1. The van der Waals surface area contributed by atoms with E-state index in [4.69, 9.17) is 0 Å². The Labute approximate surface area is 121 Å². The standard InChI is InChI=1S/C14H16N4OS/c1-8-5-10(6-12(15-2)16-8)13(19)18-14-17-11(7-20-14)9-3-4-9/h5-7,9H,3-4H2,1-2H3,(H,15,16)(H,17,18,19). The molecular weight excluding hydrogens is 272 g/mol. The molecule has 3 rings (SSSR count). The molecule has 1 fully saturated rings. The molecular formula is C14H16N4OS. The van der Waals surface area contributed by atoms with E-state index in [1.54, 1.807) is 19.2 Å². The van der Waals surface area contributed by atoms with Crippen LogP contribution in [0.2, 0.25) is 0 Å².